The van der Waals surface area contributed by atoms with Gasteiger partial charge in [0.15, 0.2) is 0 Å². The predicted molar refractivity (Wildman–Crippen MR) is 125 cm³/mol. The van der Waals surface area contributed by atoms with Crippen LogP contribution in [-0.4, -0.2) is 25.0 Å². The minimum Gasteiger partial charge on any atom is -0.444 e. The number of amides is 1. The molecule has 9 heteroatoms. The van der Waals surface area contributed by atoms with E-state index >= 15 is 0 Å². The molecule has 0 aliphatic rings. The van der Waals surface area contributed by atoms with E-state index in [4.69, 9.17) is 10.00 Å². The molecule has 0 aromatic heterocycles. The molecule has 34 heavy (non-hydrogen) atoms. The van der Waals surface area contributed by atoms with Gasteiger partial charge in [0.25, 0.3) is 0 Å². The molecular weight excluding hydrogens is 445 g/mol. The summed E-state index contributed by atoms with van der Waals surface area (Å²) in [7, 11) is 1.54. The number of rotatable bonds is 6. The first kappa shape index (κ1) is 26.5. The van der Waals surface area contributed by atoms with Crippen LogP contribution in [0.5, 0.6) is 0 Å². The van der Waals surface area contributed by atoms with Crippen LogP contribution in [0.2, 0.25) is 0 Å². The molecule has 0 saturated heterocycles. The minimum atomic E-state index is -4.48. The maximum Gasteiger partial charge on any atom is 0.416 e. The van der Waals surface area contributed by atoms with Crippen LogP contribution in [0.3, 0.4) is 0 Å². The van der Waals surface area contributed by atoms with Crippen molar-refractivity contribution in [3.63, 3.8) is 0 Å². The maximum absolute atomic E-state index is 13.1. The van der Waals surface area contributed by atoms with Crippen molar-refractivity contribution >= 4 is 18.0 Å². The molecule has 1 atom stereocenters. The van der Waals surface area contributed by atoms with Gasteiger partial charge in [-0.1, -0.05) is 18.2 Å². The Kier molecular flexibility index (Phi) is 8.46. The number of allylic oxidation sites excluding steroid dienone is 1. The molecule has 2 rings (SSSR count). The number of benzene rings is 2. The zero-order valence-corrected chi connectivity index (χ0v) is 19.6. The Morgan fingerprint density at radius 3 is 2.32 bits per heavy atom. The van der Waals surface area contributed by atoms with Gasteiger partial charge >= 0.3 is 12.3 Å². The quantitative estimate of drug-likeness (QED) is 0.488. The number of aliphatic imine (C=N–C) groups is 1. The molecule has 0 bridgehead atoms. The van der Waals surface area contributed by atoms with Crippen molar-refractivity contribution in [3.8, 4) is 6.07 Å². The molecule has 6 nitrogen and oxygen atoms in total. The van der Waals surface area contributed by atoms with Crippen LogP contribution < -0.4 is 10.6 Å². The zero-order valence-electron chi connectivity index (χ0n) is 19.6. The van der Waals surface area contributed by atoms with E-state index in [1.165, 1.54) is 18.3 Å². The number of anilines is 1. The third kappa shape index (κ3) is 7.66. The standard InChI is InChI=1S/C25H27F3N4O2/c1-16(31-20-8-6-7-19(13-20)25(26,27)28)21(15-30-5)22(32-23(33)34-24(2,3)4)18-11-9-17(14-29)10-12-18/h6-13,15,22,31H,1-5H3,(H,32,33)/b21-16-,30-15-/t22-/m1/s1. The summed E-state index contributed by atoms with van der Waals surface area (Å²) in [5.41, 5.74) is 0.730. The molecule has 0 aliphatic carbocycles. The molecule has 0 aliphatic heterocycles. The SMILES string of the molecule is C/N=C\C(=C(/C)Nc1cccc(C(F)(F)F)c1)[C@H](NC(=O)OC(C)(C)C)c1ccc(C#N)cc1. The first-order valence-corrected chi connectivity index (χ1v) is 10.4. The summed E-state index contributed by atoms with van der Waals surface area (Å²) in [6.45, 7) is 6.86. The number of carbonyl (C=O) groups excluding carboxylic acids is 1. The van der Waals surface area contributed by atoms with Crippen molar-refractivity contribution in [2.45, 2.75) is 45.5 Å². The molecule has 1 amide bonds. The minimum absolute atomic E-state index is 0.227. The van der Waals surface area contributed by atoms with E-state index in [-0.39, 0.29) is 5.69 Å². The van der Waals surface area contributed by atoms with Crippen molar-refractivity contribution < 1.29 is 22.7 Å². The van der Waals surface area contributed by atoms with E-state index in [2.05, 4.69) is 15.6 Å². The van der Waals surface area contributed by atoms with Gasteiger partial charge < -0.3 is 15.4 Å². The third-order valence-corrected chi connectivity index (χ3v) is 4.57. The monoisotopic (exact) mass is 472 g/mol. The number of hydrogen-bond acceptors (Lipinski definition) is 5. The summed E-state index contributed by atoms with van der Waals surface area (Å²) in [5.74, 6) is 0. The van der Waals surface area contributed by atoms with Crippen LogP contribution in [-0.2, 0) is 10.9 Å². The Morgan fingerprint density at radius 1 is 1.15 bits per heavy atom. The van der Waals surface area contributed by atoms with Crippen molar-refractivity contribution in [2.24, 2.45) is 4.99 Å². The summed E-state index contributed by atoms with van der Waals surface area (Å²) in [4.78, 5) is 16.7. The molecule has 0 spiro atoms. The van der Waals surface area contributed by atoms with E-state index < -0.39 is 29.5 Å². The molecule has 2 aromatic carbocycles. The summed E-state index contributed by atoms with van der Waals surface area (Å²) in [5, 5.41) is 14.9. The van der Waals surface area contributed by atoms with Crippen LogP contribution in [0.15, 0.2) is 64.8 Å². The Balaban J connectivity index is 2.52. The molecule has 0 fully saturated rings. The van der Waals surface area contributed by atoms with Crippen LogP contribution >= 0.6 is 0 Å². The van der Waals surface area contributed by atoms with Crippen LogP contribution in [0.25, 0.3) is 0 Å². The number of hydrogen-bond donors (Lipinski definition) is 2. The average molecular weight is 473 g/mol. The second kappa shape index (κ2) is 10.9. The smallest absolute Gasteiger partial charge is 0.416 e. The van der Waals surface area contributed by atoms with Crippen LogP contribution in [0.4, 0.5) is 23.7 Å². The highest BCUT2D eigenvalue weighted by atomic mass is 19.4. The lowest BCUT2D eigenvalue weighted by atomic mass is 9.96. The normalized spacial score (nSPS) is 13.6. The van der Waals surface area contributed by atoms with E-state index in [0.29, 0.717) is 22.4 Å². The van der Waals surface area contributed by atoms with Crippen molar-refractivity contribution in [1.82, 2.24) is 5.32 Å². The van der Waals surface area contributed by atoms with E-state index in [1.807, 2.05) is 6.07 Å². The second-order valence-corrected chi connectivity index (χ2v) is 8.48. The number of nitriles is 1. The van der Waals surface area contributed by atoms with Crippen molar-refractivity contribution in [3.05, 3.63) is 76.5 Å². The summed E-state index contributed by atoms with van der Waals surface area (Å²) in [6, 6.07) is 12.7. The first-order chi connectivity index (χ1) is 15.8. The number of carbonyl (C=O) groups is 1. The lowest BCUT2D eigenvalue weighted by Crippen LogP contribution is -2.36. The summed E-state index contributed by atoms with van der Waals surface area (Å²) < 4.78 is 44.8. The lowest BCUT2D eigenvalue weighted by molar-refractivity contribution is -0.137. The Hall–Kier alpha value is -3.80. The number of alkyl halides is 3. The largest absolute Gasteiger partial charge is 0.444 e. The molecule has 0 radical (unpaired) electrons. The van der Waals surface area contributed by atoms with Gasteiger partial charge in [-0.25, -0.2) is 4.79 Å². The average Bonchev–Trinajstić information content (AvgIpc) is 2.74. The number of halogens is 3. The van der Waals surface area contributed by atoms with E-state index in [1.54, 1.807) is 59.0 Å². The van der Waals surface area contributed by atoms with Gasteiger partial charge in [0.1, 0.15) is 5.60 Å². The first-order valence-electron chi connectivity index (χ1n) is 10.4. The van der Waals surface area contributed by atoms with Gasteiger partial charge in [-0.2, -0.15) is 18.4 Å². The second-order valence-electron chi connectivity index (χ2n) is 8.48. The number of alkyl carbamates (subject to hydrolysis) is 1. The van der Waals surface area contributed by atoms with Crippen LogP contribution in [0, 0.1) is 11.3 Å². The van der Waals surface area contributed by atoms with Crippen molar-refractivity contribution in [2.75, 3.05) is 12.4 Å². The van der Waals surface area contributed by atoms with Crippen LogP contribution in [0.1, 0.15) is 50.4 Å². The zero-order chi connectivity index (χ0) is 25.5. The molecule has 0 unspecified atom stereocenters. The van der Waals surface area contributed by atoms with Gasteiger partial charge in [-0.05, 0) is 63.6 Å². The highest BCUT2D eigenvalue weighted by molar-refractivity contribution is 5.84. The molecular formula is C25H27F3N4O2. The van der Waals surface area contributed by atoms with Gasteiger partial charge in [0.05, 0.1) is 23.2 Å². The predicted octanol–water partition coefficient (Wildman–Crippen LogP) is 6.23. The molecule has 2 N–H and O–H groups in total. The fourth-order valence-corrected chi connectivity index (χ4v) is 3.11. The topological polar surface area (TPSA) is 86.5 Å². The number of ether oxygens (including phenoxy) is 1. The summed E-state index contributed by atoms with van der Waals surface area (Å²) >= 11 is 0. The fraction of sp³-hybridized carbons (Fsp3) is 0.320. The molecule has 2 aromatic rings. The maximum atomic E-state index is 13.1. The highest BCUT2D eigenvalue weighted by Crippen LogP contribution is 2.32. The van der Waals surface area contributed by atoms with E-state index in [0.717, 1.165) is 12.1 Å². The van der Waals surface area contributed by atoms with Crippen molar-refractivity contribution in [1.29, 1.82) is 5.26 Å². The number of nitrogens with zero attached hydrogens (tertiary/aromatic N) is 2. The highest BCUT2D eigenvalue weighted by Gasteiger charge is 2.30. The fourth-order valence-electron chi connectivity index (χ4n) is 3.11. The molecule has 0 heterocycles. The van der Waals surface area contributed by atoms with Gasteiger partial charge in [0, 0.05) is 30.2 Å². The van der Waals surface area contributed by atoms with E-state index in [9.17, 15) is 18.0 Å². The molecule has 180 valence electrons. The van der Waals surface area contributed by atoms with Gasteiger partial charge in [0.2, 0.25) is 0 Å². The summed E-state index contributed by atoms with van der Waals surface area (Å²) in [6.07, 6.45) is -3.65. The third-order valence-electron chi connectivity index (χ3n) is 4.57. The van der Waals surface area contributed by atoms with Gasteiger partial charge in [-0.15, -0.1) is 0 Å². The Bertz CT molecular complexity index is 1110. The Labute approximate surface area is 197 Å². The number of nitrogens with one attached hydrogen (secondary N) is 2. The molecule has 0 saturated carbocycles. The Morgan fingerprint density at radius 2 is 1.79 bits per heavy atom. The lowest BCUT2D eigenvalue weighted by Gasteiger charge is -2.26. The van der Waals surface area contributed by atoms with Gasteiger partial charge in [-0.3, -0.25) is 4.99 Å².